The summed E-state index contributed by atoms with van der Waals surface area (Å²) in [7, 11) is 0. The lowest BCUT2D eigenvalue weighted by atomic mass is 10.0. The Hall–Kier alpha value is -3.40. The van der Waals surface area contributed by atoms with Crippen LogP contribution in [0.5, 0.6) is 0 Å². The lowest BCUT2D eigenvalue weighted by Crippen LogP contribution is -2.27. The molecule has 1 N–H and O–H groups in total. The molecular formula is C24H22N2O2. The molecule has 0 aliphatic carbocycles. The fraction of sp³-hybridized carbons (Fsp3) is 0.167. The summed E-state index contributed by atoms with van der Waals surface area (Å²) in [6.07, 6.45) is 0. The summed E-state index contributed by atoms with van der Waals surface area (Å²) in [4.78, 5) is 12.7. The maximum atomic E-state index is 12.7. The Kier molecular flexibility index (Phi) is 4.94. The average molecular weight is 370 g/mol. The van der Waals surface area contributed by atoms with E-state index in [9.17, 15) is 4.79 Å². The summed E-state index contributed by atoms with van der Waals surface area (Å²) in [5.41, 5.74) is 4.68. The average Bonchev–Trinajstić information content (AvgIpc) is 3.16. The lowest BCUT2D eigenvalue weighted by Gasteiger charge is -2.13. The van der Waals surface area contributed by atoms with E-state index >= 15 is 0 Å². The third-order valence-electron chi connectivity index (χ3n) is 4.99. The number of amides is 1. The second kappa shape index (κ2) is 7.69. The van der Waals surface area contributed by atoms with E-state index in [-0.39, 0.29) is 11.8 Å². The number of hydrogen-bond donors (Lipinski definition) is 1. The molecule has 0 fully saturated rings. The molecule has 0 saturated carbocycles. The lowest BCUT2D eigenvalue weighted by molar-refractivity contribution is 0.0952. The first-order valence-electron chi connectivity index (χ1n) is 9.41. The number of rotatable bonds is 5. The van der Waals surface area contributed by atoms with E-state index in [1.54, 1.807) is 6.07 Å². The molecule has 0 bridgehead atoms. The van der Waals surface area contributed by atoms with Crippen molar-refractivity contribution in [3.8, 4) is 11.3 Å². The molecule has 140 valence electrons. The molecule has 1 aromatic heterocycles. The second-order valence-electron chi connectivity index (χ2n) is 7.13. The Balaban J connectivity index is 1.54. The van der Waals surface area contributed by atoms with E-state index in [1.165, 1.54) is 11.1 Å². The van der Waals surface area contributed by atoms with E-state index in [4.69, 9.17) is 4.52 Å². The number of carbonyl (C=O) groups is 1. The van der Waals surface area contributed by atoms with Gasteiger partial charge in [-0.2, -0.15) is 0 Å². The number of benzene rings is 3. The van der Waals surface area contributed by atoms with Crippen molar-refractivity contribution in [2.75, 3.05) is 6.54 Å². The standard InChI is InChI=1S/C24H22N2O2/c1-16-8-10-19(11-9-16)23-21-14-20(12-13-22(21)26-28-23)24(27)25-15-17(2)18-6-4-3-5-7-18/h3-14,17H,15H2,1-2H3,(H,25,27)/t17-/m0/s1. The van der Waals surface area contributed by atoms with Gasteiger partial charge < -0.3 is 9.84 Å². The molecular weight excluding hydrogens is 348 g/mol. The number of fused-ring (bicyclic) bond motifs is 1. The second-order valence-corrected chi connectivity index (χ2v) is 7.13. The smallest absolute Gasteiger partial charge is 0.251 e. The zero-order chi connectivity index (χ0) is 19.5. The first-order valence-corrected chi connectivity index (χ1v) is 9.41. The molecule has 4 rings (SSSR count). The van der Waals surface area contributed by atoms with Crippen LogP contribution in [0.4, 0.5) is 0 Å². The van der Waals surface area contributed by atoms with E-state index < -0.39 is 0 Å². The molecule has 4 aromatic rings. The molecule has 0 spiro atoms. The highest BCUT2D eigenvalue weighted by molar-refractivity contribution is 6.01. The van der Waals surface area contributed by atoms with Crippen LogP contribution in [0, 0.1) is 6.92 Å². The molecule has 0 aliphatic rings. The number of carbonyl (C=O) groups excluding carboxylic acids is 1. The fourth-order valence-electron chi connectivity index (χ4n) is 3.24. The first-order chi connectivity index (χ1) is 13.6. The molecule has 0 aliphatic heterocycles. The molecule has 1 amide bonds. The van der Waals surface area contributed by atoms with E-state index in [0.717, 1.165) is 16.5 Å². The zero-order valence-corrected chi connectivity index (χ0v) is 16.0. The van der Waals surface area contributed by atoms with Gasteiger partial charge in [0.1, 0.15) is 5.52 Å². The van der Waals surface area contributed by atoms with E-state index in [2.05, 4.69) is 29.5 Å². The molecule has 0 radical (unpaired) electrons. The van der Waals surface area contributed by atoms with Crippen molar-refractivity contribution in [2.45, 2.75) is 19.8 Å². The molecule has 0 saturated heterocycles. The molecule has 28 heavy (non-hydrogen) atoms. The quantitative estimate of drug-likeness (QED) is 0.516. The minimum absolute atomic E-state index is 0.0965. The third-order valence-corrected chi connectivity index (χ3v) is 4.99. The van der Waals surface area contributed by atoms with Gasteiger partial charge in [0.25, 0.3) is 5.91 Å². The van der Waals surface area contributed by atoms with Gasteiger partial charge in [-0.1, -0.05) is 72.2 Å². The monoisotopic (exact) mass is 370 g/mol. The minimum Gasteiger partial charge on any atom is -0.355 e. The highest BCUT2D eigenvalue weighted by Gasteiger charge is 2.15. The number of hydrogen-bond acceptors (Lipinski definition) is 3. The molecule has 3 aromatic carbocycles. The van der Waals surface area contributed by atoms with Crippen LogP contribution >= 0.6 is 0 Å². The minimum atomic E-state index is -0.0965. The van der Waals surface area contributed by atoms with Gasteiger partial charge in [-0.25, -0.2) is 0 Å². The SMILES string of the molecule is Cc1ccc(-c2onc3ccc(C(=O)NC[C@H](C)c4ccccc4)cc23)cc1. The Labute approximate surface area is 164 Å². The predicted molar refractivity (Wildman–Crippen MR) is 111 cm³/mol. The topological polar surface area (TPSA) is 55.1 Å². The van der Waals surface area contributed by atoms with Crippen LogP contribution < -0.4 is 5.32 Å². The van der Waals surface area contributed by atoms with Gasteiger partial charge >= 0.3 is 0 Å². The van der Waals surface area contributed by atoms with Crippen molar-refractivity contribution in [3.63, 3.8) is 0 Å². The van der Waals surface area contributed by atoms with Crippen LogP contribution in [0.3, 0.4) is 0 Å². The van der Waals surface area contributed by atoms with Crippen molar-refractivity contribution in [3.05, 3.63) is 89.5 Å². The number of aryl methyl sites for hydroxylation is 1. The largest absolute Gasteiger partial charge is 0.355 e. The number of nitrogens with zero attached hydrogens (tertiary/aromatic N) is 1. The normalized spacial score (nSPS) is 12.1. The fourth-order valence-corrected chi connectivity index (χ4v) is 3.24. The number of nitrogens with one attached hydrogen (secondary N) is 1. The van der Waals surface area contributed by atoms with Gasteiger partial charge in [-0.15, -0.1) is 0 Å². The zero-order valence-electron chi connectivity index (χ0n) is 16.0. The summed E-state index contributed by atoms with van der Waals surface area (Å²) in [5.74, 6) is 0.829. The molecule has 1 heterocycles. The molecule has 0 unspecified atom stereocenters. The highest BCUT2D eigenvalue weighted by atomic mass is 16.5. The van der Waals surface area contributed by atoms with E-state index in [1.807, 2.05) is 61.5 Å². The molecule has 4 heteroatoms. The van der Waals surface area contributed by atoms with E-state index in [0.29, 0.717) is 17.9 Å². The molecule has 4 nitrogen and oxygen atoms in total. The van der Waals surface area contributed by atoms with Gasteiger partial charge in [0.15, 0.2) is 5.76 Å². The maximum Gasteiger partial charge on any atom is 0.251 e. The Morgan fingerprint density at radius 1 is 1.04 bits per heavy atom. The Morgan fingerprint density at radius 2 is 1.79 bits per heavy atom. The Bertz CT molecular complexity index is 1100. The van der Waals surface area contributed by atoms with Crippen molar-refractivity contribution < 1.29 is 9.32 Å². The van der Waals surface area contributed by atoms with Crippen molar-refractivity contribution >= 4 is 16.8 Å². The van der Waals surface area contributed by atoms with Crippen molar-refractivity contribution in [1.82, 2.24) is 10.5 Å². The van der Waals surface area contributed by atoms with Crippen LogP contribution in [0.1, 0.15) is 34.3 Å². The van der Waals surface area contributed by atoms with Gasteiger partial charge in [-0.05, 0) is 36.6 Å². The van der Waals surface area contributed by atoms with Crippen LogP contribution in [-0.2, 0) is 0 Å². The molecule has 1 atom stereocenters. The third kappa shape index (κ3) is 3.67. The van der Waals surface area contributed by atoms with Crippen molar-refractivity contribution in [2.24, 2.45) is 0 Å². The summed E-state index contributed by atoms with van der Waals surface area (Å²) < 4.78 is 5.55. The summed E-state index contributed by atoms with van der Waals surface area (Å²) in [6.45, 7) is 4.73. The van der Waals surface area contributed by atoms with Crippen LogP contribution in [0.2, 0.25) is 0 Å². The summed E-state index contributed by atoms with van der Waals surface area (Å²) in [6, 6.07) is 23.7. The summed E-state index contributed by atoms with van der Waals surface area (Å²) in [5, 5.41) is 8.00. The highest BCUT2D eigenvalue weighted by Crippen LogP contribution is 2.29. The van der Waals surface area contributed by atoms with Gasteiger partial charge in [0.05, 0.1) is 5.39 Å². The van der Waals surface area contributed by atoms with Crippen molar-refractivity contribution in [1.29, 1.82) is 0 Å². The van der Waals surface area contributed by atoms with Gasteiger partial charge in [-0.3, -0.25) is 4.79 Å². The number of aromatic nitrogens is 1. The van der Waals surface area contributed by atoms with Gasteiger partial charge in [0.2, 0.25) is 0 Å². The van der Waals surface area contributed by atoms with Crippen LogP contribution in [-0.4, -0.2) is 17.6 Å². The predicted octanol–water partition coefficient (Wildman–Crippen LogP) is 5.34. The Morgan fingerprint density at radius 3 is 2.54 bits per heavy atom. The van der Waals surface area contributed by atoms with Crippen LogP contribution in [0.15, 0.2) is 77.3 Å². The first kappa shape index (κ1) is 18.0. The van der Waals surface area contributed by atoms with Crippen LogP contribution in [0.25, 0.3) is 22.2 Å². The summed E-state index contributed by atoms with van der Waals surface area (Å²) >= 11 is 0. The maximum absolute atomic E-state index is 12.7. The van der Waals surface area contributed by atoms with Gasteiger partial charge in [0, 0.05) is 17.7 Å².